The van der Waals surface area contributed by atoms with Gasteiger partial charge in [-0.05, 0) is 50.2 Å². The number of aryl methyl sites for hydroxylation is 1. The van der Waals surface area contributed by atoms with Crippen molar-refractivity contribution in [1.82, 2.24) is 10.2 Å². The molecule has 172 valence electrons. The van der Waals surface area contributed by atoms with Crippen LogP contribution in [0.1, 0.15) is 50.5 Å². The zero-order valence-corrected chi connectivity index (χ0v) is 18.3. The third-order valence-corrected chi connectivity index (χ3v) is 6.20. The van der Waals surface area contributed by atoms with Crippen molar-refractivity contribution in [3.8, 4) is 0 Å². The molecule has 3 N–H and O–H groups in total. The Balaban J connectivity index is 1.73. The van der Waals surface area contributed by atoms with Crippen molar-refractivity contribution < 1.29 is 24.6 Å². The van der Waals surface area contributed by atoms with Gasteiger partial charge >= 0.3 is 11.9 Å². The number of aliphatic carboxylic acids is 2. The highest BCUT2D eigenvalue weighted by Crippen LogP contribution is 2.32. The lowest BCUT2D eigenvalue weighted by Gasteiger charge is -2.37. The normalized spacial score (nSPS) is 21.8. The fourth-order valence-corrected chi connectivity index (χ4v) is 4.51. The standard InChI is InChI=1S/C25H32N2O5/c28-23(29)14-7-17-27-22-13-5-4-10-19(22)11-6-12-20(24(27)30)26-21(25(31)32)16-15-18-8-2-1-3-9-18/h1-5,8-9,13,19-21,26H,6-7,10-12,14-17H2,(H,28,29)(H,31,32). The molecular formula is C25H32N2O5. The van der Waals surface area contributed by atoms with Gasteiger partial charge in [0.1, 0.15) is 6.04 Å². The Kier molecular flexibility index (Phi) is 8.62. The molecule has 0 bridgehead atoms. The summed E-state index contributed by atoms with van der Waals surface area (Å²) >= 11 is 0. The summed E-state index contributed by atoms with van der Waals surface area (Å²) in [5.74, 6) is -1.78. The average Bonchev–Trinajstić information content (AvgIpc) is 2.78. The van der Waals surface area contributed by atoms with E-state index in [2.05, 4.69) is 11.4 Å². The van der Waals surface area contributed by atoms with Crippen LogP contribution < -0.4 is 5.32 Å². The largest absolute Gasteiger partial charge is 0.481 e. The second-order valence-corrected chi connectivity index (χ2v) is 8.50. The lowest BCUT2D eigenvalue weighted by Crippen LogP contribution is -2.53. The van der Waals surface area contributed by atoms with Gasteiger partial charge in [-0.15, -0.1) is 0 Å². The maximum atomic E-state index is 13.5. The minimum atomic E-state index is -0.967. The van der Waals surface area contributed by atoms with Gasteiger partial charge in [-0.1, -0.05) is 48.9 Å². The van der Waals surface area contributed by atoms with Crippen LogP contribution in [0.3, 0.4) is 0 Å². The van der Waals surface area contributed by atoms with Crippen molar-refractivity contribution >= 4 is 17.8 Å². The van der Waals surface area contributed by atoms with E-state index in [4.69, 9.17) is 5.11 Å². The molecule has 1 aromatic rings. The minimum absolute atomic E-state index is 0.00944. The Morgan fingerprint density at radius 2 is 1.94 bits per heavy atom. The van der Waals surface area contributed by atoms with Gasteiger partial charge in [0, 0.05) is 24.6 Å². The number of hydrogen-bond donors (Lipinski definition) is 3. The maximum Gasteiger partial charge on any atom is 0.320 e. The van der Waals surface area contributed by atoms with Crippen LogP contribution in [-0.4, -0.2) is 51.6 Å². The van der Waals surface area contributed by atoms with Crippen LogP contribution in [-0.2, 0) is 20.8 Å². The minimum Gasteiger partial charge on any atom is -0.481 e. The lowest BCUT2D eigenvalue weighted by molar-refractivity contribution is -0.141. The first-order valence-corrected chi connectivity index (χ1v) is 11.4. The molecule has 1 amide bonds. The molecule has 0 radical (unpaired) electrons. The fourth-order valence-electron chi connectivity index (χ4n) is 4.51. The summed E-state index contributed by atoms with van der Waals surface area (Å²) in [6.45, 7) is 0.321. The van der Waals surface area contributed by atoms with Gasteiger partial charge in [0.05, 0.1) is 6.04 Å². The van der Waals surface area contributed by atoms with Gasteiger partial charge in [0.25, 0.3) is 0 Å². The van der Waals surface area contributed by atoms with Crippen molar-refractivity contribution in [2.24, 2.45) is 5.92 Å². The maximum absolute atomic E-state index is 13.5. The smallest absolute Gasteiger partial charge is 0.320 e. The quantitative estimate of drug-likeness (QED) is 0.515. The van der Waals surface area contributed by atoms with Crippen LogP contribution in [0, 0.1) is 5.92 Å². The molecule has 1 fully saturated rings. The van der Waals surface area contributed by atoms with E-state index in [1.54, 1.807) is 4.90 Å². The molecule has 3 unspecified atom stereocenters. The van der Waals surface area contributed by atoms with Gasteiger partial charge in [0.2, 0.25) is 5.91 Å². The average molecular weight is 441 g/mol. The van der Waals surface area contributed by atoms with E-state index in [0.29, 0.717) is 32.2 Å². The Morgan fingerprint density at radius 3 is 2.66 bits per heavy atom. The molecule has 1 heterocycles. The molecule has 0 saturated carbocycles. The van der Waals surface area contributed by atoms with Crippen molar-refractivity contribution in [2.45, 2.75) is 63.5 Å². The fraction of sp³-hybridized carbons (Fsp3) is 0.480. The topological polar surface area (TPSA) is 107 Å². The molecule has 3 atom stereocenters. The molecule has 3 rings (SSSR count). The van der Waals surface area contributed by atoms with Crippen molar-refractivity contribution in [3.63, 3.8) is 0 Å². The molecule has 0 aromatic heterocycles. The summed E-state index contributed by atoms with van der Waals surface area (Å²) in [6, 6.07) is 8.26. The second kappa shape index (κ2) is 11.6. The predicted molar refractivity (Wildman–Crippen MR) is 121 cm³/mol. The lowest BCUT2D eigenvalue weighted by atomic mass is 9.87. The molecule has 1 aliphatic heterocycles. The number of benzene rings is 1. The molecular weight excluding hydrogens is 408 g/mol. The van der Waals surface area contributed by atoms with E-state index >= 15 is 0 Å². The van der Waals surface area contributed by atoms with Crippen LogP contribution in [0.5, 0.6) is 0 Å². The van der Waals surface area contributed by atoms with Crippen LogP contribution in [0.15, 0.2) is 54.3 Å². The monoisotopic (exact) mass is 440 g/mol. The number of amides is 1. The predicted octanol–water partition coefficient (Wildman–Crippen LogP) is 3.37. The van der Waals surface area contributed by atoms with E-state index in [1.807, 2.05) is 42.5 Å². The summed E-state index contributed by atoms with van der Waals surface area (Å²) in [7, 11) is 0. The summed E-state index contributed by atoms with van der Waals surface area (Å²) in [6.07, 6.45) is 10.5. The zero-order chi connectivity index (χ0) is 22.9. The Morgan fingerprint density at radius 1 is 1.16 bits per heavy atom. The zero-order valence-electron chi connectivity index (χ0n) is 18.3. The molecule has 2 aliphatic rings. The van der Waals surface area contributed by atoms with Crippen LogP contribution >= 0.6 is 0 Å². The van der Waals surface area contributed by atoms with Gasteiger partial charge < -0.3 is 15.1 Å². The number of carbonyl (C=O) groups is 3. The molecule has 1 saturated heterocycles. The van der Waals surface area contributed by atoms with Gasteiger partial charge in [-0.25, -0.2) is 0 Å². The Bertz CT molecular complexity index is 864. The molecule has 1 aliphatic carbocycles. The van der Waals surface area contributed by atoms with E-state index < -0.39 is 24.0 Å². The third-order valence-electron chi connectivity index (χ3n) is 6.20. The highest BCUT2D eigenvalue weighted by molar-refractivity contribution is 5.85. The Labute approximate surface area is 188 Å². The Hall–Kier alpha value is -2.93. The molecule has 0 spiro atoms. The number of carboxylic acid groups (broad SMARTS) is 2. The number of allylic oxidation sites excluding steroid dienone is 4. The molecule has 7 heteroatoms. The van der Waals surface area contributed by atoms with Crippen molar-refractivity contribution in [2.75, 3.05) is 6.54 Å². The number of nitrogens with one attached hydrogen (secondary N) is 1. The summed E-state index contributed by atoms with van der Waals surface area (Å²) in [5, 5.41) is 21.9. The van der Waals surface area contributed by atoms with Gasteiger partial charge in [0.15, 0.2) is 0 Å². The molecule has 1 aromatic carbocycles. The second-order valence-electron chi connectivity index (χ2n) is 8.50. The van der Waals surface area contributed by atoms with E-state index in [0.717, 1.165) is 30.5 Å². The number of carbonyl (C=O) groups excluding carboxylic acids is 1. The summed E-state index contributed by atoms with van der Waals surface area (Å²) < 4.78 is 0. The SMILES string of the molecule is O=C(O)CCCN1C(=O)C(NC(CCc2ccccc2)C(=O)O)CCCC2CC=CC=C21. The molecule has 32 heavy (non-hydrogen) atoms. The van der Waals surface area contributed by atoms with Crippen LogP contribution in [0.4, 0.5) is 0 Å². The van der Waals surface area contributed by atoms with Crippen molar-refractivity contribution in [3.05, 3.63) is 59.8 Å². The first-order valence-electron chi connectivity index (χ1n) is 11.4. The highest BCUT2D eigenvalue weighted by Gasteiger charge is 2.34. The third kappa shape index (κ3) is 6.53. The first kappa shape index (κ1) is 23.7. The number of likely N-dealkylation sites (tertiary alicyclic amines) is 1. The number of rotatable bonds is 10. The highest BCUT2D eigenvalue weighted by atomic mass is 16.4. The van der Waals surface area contributed by atoms with E-state index in [9.17, 15) is 19.5 Å². The van der Waals surface area contributed by atoms with E-state index in [-0.39, 0.29) is 18.2 Å². The number of fused-ring (bicyclic) bond motifs is 1. The van der Waals surface area contributed by atoms with Crippen molar-refractivity contribution in [1.29, 1.82) is 0 Å². The summed E-state index contributed by atoms with van der Waals surface area (Å²) in [5.41, 5.74) is 1.98. The molecule has 7 nitrogen and oxygen atoms in total. The number of carboxylic acids is 2. The summed E-state index contributed by atoms with van der Waals surface area (Å²) in [4.78, 5) is 38.2. The first-order chi connectivity index (χ1) is 15.5. The van der Waals surface area contributed by atoms with Gasteiger partial charge in [-0.3, -0.25) is 19.7 Å². The van der Waals surface area contributed by atoms with Crippen LogP contribution in [0.2, 0.25) is 0 Å². The number of nitrogens with zero attached hydrogens (tertiary/aromatic N) is 1. The van der Waals surface area contributed by atoms with E-state index in [1.165, 1.54) is 0 Å². The van der Waals surface area contributed by atoms with Gasteiger partial charge in [-0.2, -0.15) is 0 Å². The van der Waals surface area contributed by atoms with Crippen LogP contribution in [0.25, 0.3) is 0 Å². The number of hydrogen-bond acceptors (Lipinski definition) is 4.